The molecule has 0 amide bonds. The molecule has 0 fully saturated rings. The molecule has 0 saturated carbocycles. The van der Waals surface area contributed by atoms with E-state index in [1.807, 2.05) is 6.92 Å². The van der Waals surface area contributed by atoms with Gasteiger partial charge in [-0.1, -0.05) is 13.8 Å². The Balaban J connectivity index is 2.93. The van der Waals surface area contributed by atoms with Crippen molar-refractivity contribution >= 4 is 5.82 Å². The van der Waals surface area contributed by atoms with Crippen molar-refractivity contribution in [3.8, 4) is 0 Å². The lowest BCUT2D eigenvalue weighted by Gasteiger charge is -2.22. The van der Waals surface area contributed by atoms with E-state index in [0.717, 1.165) is 35.6 Å². The number of aryl methyl sites for hydroxylation is 1. The van der Waals surface area contributed by atoms with E-state index >= 15 is 0 Å². The molecule has 0 saturated heterocycles. The normalized spacial score (nSPS) is 11.0. The fourth-order valence-electron chi connectivity index (χ4n) is 1.75. The number of nitrogens with zero attached hydrogens (tertiary/aromatic N) is 3. The minimum Gasteiger partial charge on any atom is -0.358 e. The molecule has 17 heavy (non-hydrogen) atoms. The SMILES string of the molecule is Cc1nnc(N(C)CCC(C)C)c(CN)c1C. The molecule has 0 aromatic carbocycles. The number of hydrogen-bond donors (Lipinski definition) is 1. The summed E-state index contributed by atoms with van der Waals surface area (Å²) in [6, 6.07) is 0. The van der Waals surface area contributed by atoms with E-state index in [9.17, 15) is 0 Å². The summed E-state index contributed by atoms with van der Waals surface area (Å²) in [6.07, 6.45) is 1.15. The Hall–Kier alpha value is -1.16. The molecule has 1 heterocycles. The summed E-state index contributed by atoms with van der Waals surface area (Å²) >= 11 is 0. The Kier molecular flexibility index (Phi) is 4.87. The van der Waals surface area contributed by atoms with Crippen molar-refractivity contribution in [2.45, 2.75) is 40.7 Å². The second-order valence-corrected chi connectivity index (χ2v) is 5.02. The zero-order chi connectivity index (χ0) is 13.0. The molecule has 0 aliphatic carbocycles. The first-order chi connectivity index (χ1) is 7.97. The molecule has 2 N–H and O–H groups in total. The van der Waals surface area contributed by atoms with Gasteiger partial charge in [-0.25, -0.2) is 0 Å². The maximum atomic E-state index is 5.82. The zero-order valence-corrected chi connectivity index (χ0v) is 11.6. The third-order valence-corrected chi connectivity index (χ3v) is 3.17. The Bertz CT molecular complexity index is 374. The molecule has 96 valence electrons. The van der Waals surface area contributed by atoms with Crippen molar-refractivity contribution in [3.05, 3.63) is 16.8 Å². The van der Waals surface area contributed by atoms with Gasteiger partial charge in [0.15, 0.2) is 5.82 Å². The fourth-order valence-corrected chi connectivity index (χ4v) is 1.75. The quantitative estimate of drug-likeness (QED) is 0.850. The molecule has 0 bridgehead atoms. The Morgan fingerprint density at radius 3 is 2.41 bits per heavy atom. The van der Waals surface area contributed by atoms with Gasteiger partial charge in [0.1, 0.15) is 0 Å². The molecule has 4 nitrogen and oxygen atoms in total. The van der Waals surface area contributed by atoms with Crippen LogP contribution in [0.15, 0.2) is 0 Å². The maximum absolute atomic E-state index is 5.82. The van der Waals surface area contributed by atoms with Crippen LogP contribution in [0, 0.1) is 19.8 Å². The van der Waals surface area contributed by atoms with Gasteiger partial charge in [-0.2, -0.15) is 5.10 Å². The minimum atomic E-state index is 0.517. The summed E-state index contributed by atoms with van der Waals surface area (Å²) in [5.74, 6) is 1.62. The van der Waals surface area contributed by atoms with Crippen LogP contribution in [0.1, 0.15) is 37.1 Å². The predicted molar refractivity (Wildman–Crippen MR) is 72.1 cm³/mol. The Morgan fingerprint density at radius 2 is 1.88 bits per heavy atom. The Morgan fingerprint density at radius 1 is 1.24 bits per heavy atom. The minimum absolute atomic E-state index is 0.517. The highest BCUT2D eigenvalue weighted by molar-refractivity contribution is 5.50. The Labute approximate surface area is 104 Å². The van der Waals surface area contributed by atoms with Crippen molar-refractivity contribution in [2.24, 2.45) is 11.7 Å². The first-order valence-electron chi connectivity index (χ1n) is 6.21. The van der Waals surface area contributed by atoms with Crippen LogP contribution in [0.5, 0.6) is 0 Å². The molecule has 4 heteroatoms. The number of anilines is 1. The van der Waals surface area contributed by atoms with Crippen molar-refractivity contribution in [2.75, 3.05) is 18.5 Å². The highest BCUT2D eigenvalue weighted by atomic mass is 15.2. The van der Waals surface area contributed by atoms with Gasteiger partial charge in [-0.15, -0.1) is 5.10 Å². The summed E-state index contributed by atoms with van der Waals surface area (Å²) < 4.78 is 0. The molecule has 0 aliphatic rings. The summed E-state index contributed by atoms with van der Waals surface area (Å²) in [5, 5.41) is 8.47. The first-order valence-corrected chi connectivity index (χ1v) is 6.21. The van der Waals surface area contributed by atoms with E-state index in [-0.39, 0.29) is 0 Å². The topological polar surface area (TPSA) is 55.0 Å². The van der Waals surface area contributed by atoms with Crippen LogP contribution >= 0.6 is 0 Å². The summed E-state index contributed by atoms with van der Waals surface area (Å²) in [5.41, 5.74) is 9.06. The van der Waals surface area contributed by atoms with Crippen LogP contribution in [0.2, 0.25) is 0 Å². The van der Waals surface area contributed by atoms with Gasteiger partial charge in [0.25, 0.3) is 0 Å². The molecule has 0 atom stereocenters. The highest BCUT2D eigenvalue weighted by Crippen LogP contribution is 2.21. The van der Waals surface area contributed by atoms with E-state index in [2.05, 4.69) is 42.9 Å². The average molecular weight is 236 g/mol. The summed E-state index contributed by atoms with van der Waals surface area (Å²) in [4.78, 5) is 2.15. The smallest absolute Gasteiger partial charge is 0.155 e. The molecular formula is C13H24N4. The lowest BCUT2D eigenvalue weighted by molar-refractivity contribution is 0.581. The van der Waals surface area contributed by atoms with Crippen molar-refractivity contribution in [3.63, 3.8) is 0 Å². The lowest BCUT2D eigenvalue weighted by Crippen LogP contribution is -2.24. The summed E-state index contributed by atoms with van der Waals surface area (Å²) in [7, 11) is 2.06. The number of nitrogens with two attached hydrogens (primary N) is 1. The fraction of sp³-hybridized carbons (Fsp3) is 0.692. The van der Waals surface area contributed by atoms with E-state index in [1.165, 1.54) is 0 Å². The van der Waals surface area contributed by atoms with Crippen molar-refractivity contribution < 1.29 is 0 Å². The molecule has 0 spiro atoms. The number of aromatic nitrogens is 2. The monoisotopic (exact) mass is 236 g/mol. The summed E-state index contributed by atoms with van der Waals surface area (Å²) in [6.45, 7) is 9.99. The largest absolute Gasteiger partial charge is 0.358 e. The zero-order valence-electron chi connectivity index (χ0n) is 11.6. The second-order valence-electron chi connectivity index (χ2n) is 5.02. The van der Waals surface area contributed by atoms with Gasteiger partial charge in [0, 0.05) is 25.7 Å². The third kappa shape index (κ3) is 3.40. The highest BCUT2D eigenvalue weighted by Gasteiger charge is 2.13. The van der Waals surface area contributed by atoms with Gasteiger partial charge in [0.05, 0.1) is 5.69 Å². The molecule has 0 radical (unpaired) electrons. The van der Waals surface area contributed by atoms with Crippen LogP contribution in [0.4, 0.5) is 5.82 Å². The second kappa shape index (κ2) is 5.96. The standard InChI is InChI=1S/C13H24N4/c1-9(2)6-7-17(5)13-12(8-14)10(3)11(4)15-16-13/h9H,6-8,14H2,1-5H3. The van der Waals surface area contributed by atoms with E-state index in [0.29, 0.717) is 12.5 Å². The van der Waals surface area contributed by atoms with Gasteiger partial charge in [0.2, 0.25) is 0 Å². The van der Waals surface area contributed by atoms with Gasteiger partial charge < -0.3 is 10.6 Å². The van der Waals surface area contributed by atoms with Crippen molar-refractivity contribution in [1.82, 2.24) is 10.2 Å². The number of hydrogen-bond acceptors (Lipinski definition) is 4. The molecule has 0 aliphatic heterocycles. The van der Waals surface area contributed by atoms with E-state index in [4.69, 9.17) is 5.73 Å². The van der Waals surface area contributed by atoms with E-state index < -0.39 is 0 Å². The van der Waals surface area contributed by atoms with Gasteiger partial charge in [-0.05, 0) is 31.7 Å². The van der Waals surface area contributed by atoms with Gasteiger partial charge in [-0.3, -0.25) is 0 Å². The van der Waals surface area contributed by atoms with Crippen LogP contribution in [-0.2, 0) is 6.54 Å². The number of rotatable bonds is 5. The third-order valence-electron chi connectivity index (χ3n) is 3.17. The van der Waals surface area contributed by atoms with Crippen LogP contribution in [0.25, 0.3) is 0 Å². The van der Waals surface area contributed by atoms with Gasteiger partial charge >= 0.3 is 0 Å². The lowest BCUT2D eigenvalue weighted by atomic mass is 10.1. The molecule has 1 aromatic heterocycles. The predicted octanol–water partition coefficient (Wildman–Crippen LogP) is 2.03. The average Bonchev–Trinajstić information content (AvgIpc) is 2.29. The molecule has 0 unspecified atom stereocenters. The van der Waals surface area contributed by atoms with Crippen LogP contribution < -0.4 is 10.6 Å². The molecule has 1 aromatic rings. The van der Waals surface area contributed by atoms with Crippen molar-refractivity contribution in [1.29, 1.82) is 0 Å². The van der Waals surface area contributed by atoms with E-state index in [1.54, 1.807) is 0 Å². The molecular weight excluding hydrogens is 212 g/mol. The first kappa shape index (κ1) is 13.9. The maximum Gasteiger partial charge on any atom is 0.155 e. The van der Waals surface area contributed by atoms with Crippen LogP contribution in [0.3, 0.4) is 0 Å². The van der Waals surface area contributed by atoms with Crippen LogP contribution in [-0.4, -0.2) is 23.8 Å². The molecule has 1 rings (SSSR count).